The highest BCUT2D eigenvalue weighted by Gasteiger charge is 2.48. The SMILES string of the molecule is CNC(c1nc2ccccc2n1C)C(N)(c1nc2ccccc2n1C)c1nc2ccccc2n1C. The van der Waals surface area contributed by atoms with Crippen LogP contribution in [0, 0.1) is 0 Å². The number of aromatic nitrogens is 6. The van der Waals surface area contributed by atoms with Gasteiger partial charge in [-0.1, -0.05) is 36.4 Å². The van der Waals surface area contributed by atoms with Crippen LogP contribution in [0.2, 0.25) is 0 Å². The van der Waals surface area contributed by atoms with Gasteiger partial charge in [-0.2, -0.15) is 0 Å². The molecule has 1 unspecified atom stereocenters. The lowest BCUT2D eigenvalue weighted by Gasteiger charge is -2.35. The molecule has 6 rings (SSSR count). The molecule has 0 aliphatic heterocycles. The number of nitrogens with two attached hydrogens (primary N) is 1. The van der Waals surface area contributed by atoms with Crippen LogP contribution >= 0.6 is 0 Å². The van der Waals surface area contributed by atoms with Crippen LogP contribution in [0.3, 0.4) is 0 Å². The minimum absolute atomic E-state index is 0.425. The van der Waals surface area contributed by atoms with Crippen LogP contribution in [-0.4, -0.2) is 35.7 Å². The second-order valence-electron chi connectivity index (χ2n) is 9.07. The lowest BCUT2D eigenvalue weighted by atomic mass is 9.87. The van der Waals surface area contributed by atoms with E-state index in [0.717, 1.165) is 38.9 Å². The van der Waals surface area contributed by atoms with Gasteiger partial charge in [0.05, 0.1) is 39.1 Å². The number of likely N-dealkylation sites (N-methyl/N-ethyl adjacent to an activating group) is 1. The van der Waals surface area contributed by atoms with Gasteiger partial charge in [0, 0.05) is 21.1 Å². The molecule has 0 aliphatic rings. The summed E-state index contributed by atoms with van der Waals surface area (Å²) >= 11 is 0. The Morgan fingerprint density at radius 3 is 1.46 bits per heavy atom. The van der Waals surface area contributed by atoms with E-state index in [1.54, 1.807) is 0 Å². The third-order valence-corrected chi connectivity index (χ3v) is 7.14. The molecule has 0 fully saturated rings. The number of aryl methyl sites for hydroxylation is 3. The quantitative estimate of drug-likeness (QED) is 0.407. The molecule has 0 amide bonds. The molecular weight excluding hydrogens is 436 g/mol. The van der Waals surface area contributed by atoms with Gasteiger partial charge in [-0.05, 0) is 43.4 Å². The normalized spacial score (nSPS) is 13.3. The Kier molecular flexibility index (Phi) is 4.77. The van der Waals surface area contributed by atoms with Crippen molar-refractivity contribution < 1.29 is 0 Å². The van der Waals surface area contributed by atoms with Gasteiger partial charge in [0.1, 0.15) is 17.5 Å². The van der Waals surface area contributed by atoms with Crippen LogP contribution < -0.4 is 11.1 Å². The molecule has 3 aromatic heterocycles. The van der Waals surface area contributed by atoms with Crippen LogP contribution in [0.5, 0.6) is 0 Å². The first-order valence-corrected chi connectivity index (χ1v) is 11.7. The molecule has 8 nitrogen and oxygen atoms in total. The molecule has 6 aromatic rings. The molecule has 3 aromatic carbocycles. The van der Waals surface area contributed by atoms with E-state index in [4.69, 9.17) is 20.7 Å². The number of fused-ring (bicyclic) bond motifs is 3. The topological polar surface area (TPSA) is 91.5 Å². The summed E-state index contributed by atoms with van der Waals surface area (Å²) in [6.07, 6.45) is 0. The minimum Gasteiger partial charge on any atom is -0.330 e. The highest BCUT2D eigenvalue weighted by atomic mass is 15.2. The van der Waals surface area contributed by atoms with Gasteiger partial charge in [-0.15, -0.1) is 0 Å². The van der Waals surface area contributed by atoms with Crippen LogP contribution in [0.1, 0.15) is 23.5 Å². The van der Waals surface area contributed by atoms with Crippen molar-refractivity contribution in [3.63, 3.8) is 0 Å². The molecule has 0 saturated heterocycles. The monoisotopic (exact) mass is 464 g/mol. The summed E-state index contributed by atoms with van der Waals surface area (Å²) in [5.41, 5.74) is 12.2. The summed E-state index contributed by atoms with van der Waals surface area (Å²) in [7, 11) is 7.96. The van der Waals surface area contributed by atoms with E-state index >= 15 is 0 Å². The maximum atomic E-state index is 7.57. The number of para-hydroxylation sites is 6. The molecule has 3 N–H and O–H groups in total. The Balaban J connectivity index is 1.70. The molecule has 1 atom stereocenters. The van der Waals surface area contributed by atoms with Crippen LogP contribution in [0.15, 0.2) is 72.8 Å². The van der Waals surface area contributed by atoms with Crippen molar-refractivity contribution in [2.24, 2.45) is 26.9 Å². The van der Waals surface area contributed by atoms with Crippen molar-refractivity contribution in [3.8, 4) is 0 Å². The van der Waals surface area contributed by atoms with Crippen molar-refractivity contribution in [1.29, 1.82) is 0 Å². The molecule has 0 bridgehead atoms. The summed E-state index contributed by atoms with van der Waals surface area (Å²) in [6, 6.07) is 23.9. The summed E-state index contributed by atoms with van der Waals surface area (Å²) in [5.74, 6) is 2.24. The number of imidazole rings is 3. The van der Waals surface area contributed by atoms with E-state index in [1.807, 2.05) is 82.8 Å². The molecule has 176 valence electrons. The van der Waals surface area contributed by atoms with Gasteiger partial charge < -0.3 is 24.8 Å². The number of benzene rings is 3. The molecule has 35 heavy (non-hydrogen) atoms. The van der Waals surface area contributed by atoms with Gasteiger partial charge in [0.15, 0.2) is 5.54 Å². The Bertz CT molecular complexity index is 1620. The van der Waals surface area contributed by atoms with Crippen molar-refractivity contribution in [2.45, 2.75) is 11.6 Å². The number of rotatable bonds is 5. The second kappa shape index (κ2) is 7.76. The van der Waals surface area contributed by atoms with Gasteiger partial charge in [-0.3, -0.25) is 0 Å². The average Bonchev–Trinajstić information content (AvgIpc) is 3.52. The number of nitrogens with one attached hydrogen (secondary N) is 1. The van der Waals surface area contributed by atoms with Gasteiger partial charge >= 0.3 is 0 Å². The van der Waals surface area contributed by atoms with Gasteiger partial charge in [-0.25, -0.2) is 15.0 Å². The molecule has 0 radical (unpaired) electrons. The van der Waals surface area contributed by atoms with Crippen molar-refractivity contribution >= 4 is 33.1 Å². The average molecular weight is 465 g/mol. The predicted molar refractivity (Wildman–Crippen MR) is 139 cm³/mol. The smallest absolute Gasteiger partial charge is 0.156 e. The van der Waals surface area contributed by atoms with E-state index in [-0.39, 0.29) is 0 Å². The van der Waals surface area contributed by atoms with Crippen molar-refractivity contribution in [1.82, 2.24) is 34.0 Å². The Hall–Kier alpha value is -4.01. The first-order chi connectivity index (χ1) is 16.9. The van der Waals surface area contributed by atoms with Crippen molar-refractivity contribution in [3.05, 3.63) is 90.3 Å². The van der Waals surface area contributed by atoms with Crippen molar-refractivity contribution in [2.75, 3.05) is 7.05 Å². The lowest BCUT2D eigenvalue weighted by Crippen LogP contribution is -2.52. The summed E-state index contributed by atoms with van der Waals surface area (Å²) < 4.78 is 6.24. The zero-order chi connectivity index (χ0) is 24.3. The fourth-order valence-corrected chi connectivity index (χ4v) is 5.37. The number of hydrogen-bond donors (Lipinski definition) is 2. The lowest BCUT2D eigenvalue weighted by molar-refractivity contribution is 0.314. The summed E-state index contributed by atoms with van der Waals surface area (Å²) in [5, 5.41) is 3.49. The van der Waals surface area contributed by atoms with E-state index in [2.05, 4.69) is 37.2 Å². The van der Waals surface area contributed by atoms with Gasteiger partial charge in [0.25, 0.3) is 0 Å². The molecular formula is C27H28N8. The van der Waals surface area contributed by atoms with E-state index < -0.39 is 11.6 Å². The fraction of sp³-hybridized carbons (Fsp3) is 0.222. The zero-order valence-corrected chi connectivity index (χ0v) is 20.3. The highest BCUT2D eigenvalue weighted by molar-refractivity contribution is 5.79. The summed E-state index contributed by atoms with van der Waals surface area (Å²) in [6.45, 7) is 0. The standard InChI is InChI=1S/C27H28N8/c1-29-23(24-30-17-11-5-8-14-20(17)33(24)2)27(28,25-31-18-12-6-9-15-21(18)34(25)3)26-32-19-13-7-10-16-22(19)35(26)4/h5-16,23,29H,28H2,1-4H3. The molecule has 0 aliphatic carbocycles. The van der Waals surface area contributed by atoms with Crippen LogP contribution in [0.25, 0.3) is 33.1 Å². The molecule has 0 saturated carbocycles. The van der Waals surface area contributed by atoms with Crippen LogP contribution in [-0.2, 0) is 26.7 Å². The Labute approximate surface area is 203 Å². The second-order valence-corrected chi connectivity index (χ2v) is 9.07. The first-order valence-electron chi connectivity index (χ1n) is 11.7. The third-order valence-electron chi connectivity index (χ3n) is 7.14. The predicted octanol–water partition coefficient (Wildman–Crippen LogP) is 3.51. The van der Waals surface area contributed by atoms with Gasteiger partial charge in [0.2, 0.25) is 0 Å². The number of nitrogens with zero attached hydrogens (tertiary/aromatic N) is 6. The zero-order valence-electron chi connectivity index (χ0n) is 20.3. The fourth-order valence-electron chi connectivity index (χ4n) is 5.37. The minimum atomic E-state index is -1.15. The van der Waals surface area contributed by atoms with E-state index in [0.29, 0.717) is 11.6 Å². The number of hydrogen-bond acceptors (Lipinski definition) is 5. The molecule has 8 heteroatoms. The van der Waals surface area contributed by atoms with E-state index in [9.17, 15) is 0 Å². The Morgan fingerprint density at radius 1 is 0.657 bits per heavy atom. The third kappa shape index (κ3) is 2.97. The molecule has 3 heterocycles. The maximum absolute atomic E-state index is 7.57. The highest BCUT2D eigenvalue weighted by Crippen LogP contribution is 2.40. The summed E-state index contributed by atoms with van der Waals surface area (Å²) in [4.78, 5) is 15.1. The first kappa shape index (κ1) is 21.5. The van der Waals surface area contributed by atoms with Crippen LogP contribution in [0.4, 0.5) is 0 Å². The molecule has 0 spiro atoms. The van der Waals surface area contributed by atoms with E-state index in [1.165, 1.54) is 0 Å². The Morgan fingerprint density at radius 2 is 1.06 bits per heavy atom. The largest absolute Gasteiger partial charge is 0.330 e. The maximum Gasteiger partial charge on any atom is 0.156 e.